The fraction of sp³-hybridized carbons (Fsp3) is 0.929. The van der Waals surface area contributed by atoms with E-state index in [2.05, 4.69) is 11.8 Å². The van der Waals surface area contributed by atoms with E-state index < -0.39 is 5.97 Å². The number of hydrogen-bond acceptors (Lipinski definition) is 3. The minimum absolute atomic E-state index is 0.109. The van der Waals surface area contributed by atoms with Crippen molar-refractivity contribution in [1.29, 1.82) is 0 Å². The van der Waals surface area contributed by atoms with Gasteiger partial charge in [-0.15, -0.1) is 0 Å². The van der Waals surface area contributed by atoms with E-state index in [4.69, 9.17) is 4.74 Å². The molecule has 0 radical (unpaired) electrons. The van der Waals surface area contributed by atoms with Crippen LogP contribution >= 0.6 is 0 Å². The first-order valence-electron chi connectivity index (χ1n) is 7.23. The third kappa shape index (κ3) is 2.69. The smallest absolute Gasteiger partial charge is 0.305 e. The average molecular weight is 255 g/mol. The van der Waals surface area contributed by atoms with Crippen molar-refractivity contribution in [2.45, 2.75) is 51.0 Å². The van der Waals surface area contributed by atoms with Gasteiger partial charge >= 0.3 is 5.97 Å². The van der Waals surface area contributed by atoms with E-state index in [-0.39, 0.29) is 5.54 Å². The SMILES string of the molecule is CCC1CCCCC1(CC(=O)O)N1CCOCC1. The summed E-state index contributed by atoms with van der Waals surface area (Å²) >= 11 is 0. The molecule has 1 N–H and O–H groups in total. The number of nitrogens with zero attached hydrogens (tertiary/aromatic N) is 1. The summed E-state index contributed by atoms with van der Waals surface area (Å²) in [5, 5.41) is 9.32. The maximum atomic E-state index is 11.3. The highest BCUT2D eigenvalue weighted by molar-refractivity contribution is 5.68. The first-order chi connectivity index (χ1) is 8.69. The van der Waals surface area contributed by atoms with Crippen LogP contribution in [0.1, 0.15) is 45.4 Å². The summed E-state index contributed by atoms with van der Waals surface area (Å²) in [5.41, 5.74) is -0.109. The molecule has 4 heteroatoms. The van der Waals surface area contributed by atoms with Gasteiger partial charge in [0.05, 0.1) is 19.6 Å². The molecular weight excluding hydrogens is 230 g/mol. The molecule has 1 aliphatic carbocycles. The van der Waals surface area contributed by atoms with E-state index in [1.54, 1.807) is 0 Å². The highest BCUT2D eigenvalue weighted by Crippen LogP contribution is 2.43. The molecule has 0 aromatic heterocycles. The van der Waals surface area contributed by atoms with E-state index in [0.717, 1.165) is 39.1 Å². The quantitative estimate of drug-likeness (QED) is 0.836. The second-order valence-electron chi connectivity index (χ2n) is 5.62. The Morgan fingerprint density at radius 1 is 1.39 bits per heavy atom. The lowest BCUT2D eigenvalue weighted by Crippen LogP contribution is -2.59. The van der Waals surface area contributed by atoms with Crippen LogP contribution in [0.5, 0.6) is 0 Å². The molecule has 0 aromatic rings. The Hall–Kier alpha value is -0.610. The Morgan fingerprint density at radius 3 is 2.72 bits per heavy atom. The number of morpholine rings is 1. The number of carbonyl (C=O) groups is 1. The fourth-order valence-electron chi connectivity index (χ4n) is 3.91. The van der Waals surface area contributed by atoms with E-state index in [9.17, 15) is 9.90 Å². The van der Waals surface area contributed by atoms with Crippen LogP contribution in [-0.2, 0) is 9.53 Å². The van der Waals surface area contributed by atoms with Crippen LogP contribution in [0.3, 0.4) is 0 Å². The molecule has 4 nitrogen and oxygen atoms in total. The Balaban J connectivity index is 2.21. The molecular formula is C14H25NO3. The van der Waals surface area contributed by atoms with Crippen LogP contribution in [0.15, 0.2) is 0 Å². The van der Waals surface area contributed by atoms with Gasteiger partial charge in [-0.3, -0.25) is 9.69 Å². The van der Waals surface area contributed by atoms with E-state index in [1.807, 2.05) is 0 Å². The van der Waals surface area contributed by atoms with Crippen molar-refractivity contribution in [3.05, 3.63) is 0 Å². The summed E-state index contributed by atoms with van der Waals surface area (Å²) in [5.74, 6) is -0.123. The van der Waals surface area contributed by atoms with Gasteiger partial charge in [-0.05, 0) is 18.8 Å². The summed E-state index contributed by atoms with van der Waals surface area (Å²) in [4.78, 5) is 13.7. The number of hydrogen-bond donors (Lipinski definition) is 1. The van der Waals surface area contributed by atoms with Crippen LogP contribution < -0.4 is 0 Å². The second-order valence-corrected chi connectivity index (χ2v) is 5.62. The molecule has 2 fully saturated rings. The van der Waals surface area contributed by atoms with Crippen molar-refractivity contribution in [2.24, 2.45) is 5.92 Å². The standard InChI is InChI=1S/C14H25NO3/c1-2-12-5-3-4-6-14(12,11-13(16)17)15-7-9-18-10-8-15/h12H,2-11H2,1H3,(H,16,17). The zero-order valence-electron chi connectivity index (χ0n) is 11.4. The predicted octanol–water partition coefficient (Wildman–Crippen LogP) is 2.13. The van der Waals surface area contributed by atoms with Gasteiger partial charge in [0.15, 0.2) is 0 Å². The van der Waals surface area contributed by atoms with Crippen molar-refractivity contribution in [2.75, 3.05) is 26.3 Å². The van der Waals surface area contributed by atoms with Crippen molar-refractivity contribution < 1.29 is 14.6 Å². The zero-order chi connectivity index (χ0) is 13.0. The van der Waals surface area contributed by atoms with Gasteiger partial charge < -0.3 is 9.84 Å². The topological polar surface area (TPSA) is 49.8 Å². The Morgan fingerprint density at radius 2 is 2.11 bits per heavy atom. The number of carboxylic acid groups (broad SMARTS) is 1. The molecule has 0 amide bonds. The Bertz CT molecular complexity index is 289. The normalized spacial score (nSPS) is 34.4. The molecule has 0 aromatic carbocycles. The summed E-state index contributed by atoms with van der Waals surface area (Å²) in [6, 6.07) is 0. The van der Waals surface area contributed by atoms with Gasteiger partial charge in [-0.2, -0.15) is 0 Å². The van der Waals surface area contributed by atoms with Crippen molar-refractivity contribution in [3.8, 4) is 0 Å². The second kappa shape index (κ2) is 6.02. The van der Waals surface area contributed by atoms with Crippen molar-refractivity contribution in [3.63, 3.8) is 0 Å². The lowest BCUT2D eigenvalue weighted by molar-refractivity contribution is -0.145. The minimum atomic E-state index is -0.651. The van der Waals surface area contributed by atoms with Gasteiger partial charge in [0, 0.05) is 18.6 Å². The lowest BCUT2D eigenvalue weighted by atomic mass is 9.68. The number of rotatable bonds is 4. The summed E-state index contributed by atoms with van der Waals surface area (Å²) in [6.07, 6.45) is 6.03. The van der Waals surface area contributed by atoms with Gasteiger partial charge in [-0.25, -0.2) is 0 Å². The molecule has 2 atom stereocenters. The van der Waals surface area contributed by atoms with E-state index >= 15 is 0 Å². The predicted molar refractivity (Wildman–Crippen MR) is 69.6 cm³/mol. The fourth-order valence-corrected chi connectivity index (χ4v) is 3.91. The maximum absolute atomic E-state index is 11.3. The summed E-state index contributed by atoms with van der Waals surface area (Å²) < 4.78 is 5.42. The van der Waals surface area contributed by atoms with Crippen LogP contribution in [0.4, 0.5) is 0 Å². The highest BCUT2D eigenvalue weighted by Gasteiger charge is 2.46. The highest BCUT2D eigenvalue weighted by atomic mass is 16.5. The van der Waals surface area contributed by atoms with Gasteiger partial charge in [-0.1, -0.05) is 26.2 Å². The summed E-state index contributed by atoms with van der Waals surface area (Å²) in [6.45, 7) is 5.48. The molecule has 1 saturated carbocycles. The Labute approximate surface area is 109 Å². The molecule has 1 heterocycles. The van der Waals surface area contributed by atoms with Crippen molar-refractivity contribution >= 4 is 5.97 Å². The van der Waals surface area contributed by atoms with Crippen LogP contribution in [0, 0.1) is 5.92 Å². The molecule has 18 heavy (non-hydrogen) atoms. The van der Waals surface area contributed by atoms with Crippen LogP contribution in [0.25, 0.3) is 0 Å². The lowest BCUT2D eigenvalue weighted by Gasteiger charge is -2.52. The van der Waals surface area contributed by atoms with Crippen LogP contribution in [-0.4, -0.2) is 47.8 Å². The van der Waals surface area contributed by atoms with E-state index in [0.29, 0.717) is 12.3 Å². The molecule has 2 rings (SSSR count). The third-order valence-electron chi connectivity index (χ3n) is 4.76. The molecule has 0 spiro atoms. The number of aliphatic carboxylic acids is 1. The zero-order valence-corrected chi connectivity index (χ0v) is 11.4. The van der Waals surface area contributed by atoms with Crippen LogP contribution in [0.2, 0.25) is 0 Å². The summed E-state index contributed by atoms with van der Waals surface area (Å²) in [7, 11) is 0. The minimum Gasteiger partial charge on any atom is -0.481 e. The Kier molecular flexibility index (Phi) is 4.62. The third-order valence-corrected chi connectivity index (χ3v) is 4.76. The first kappa shape index (κ1) is 13.8. The molecule has 1 saturated heterocycles. The van der Waals surface area contributed by atoms with E-state index in [1.165, 1.54) is 19.3 Å². The average Bonchev–Trinajstić information content (AvgIpc) is 2.39. The van der Waals surface area contributed by atoms with Gasteiger partial charge in [0.1, 0.15) is 0 Å². The molecule has 0 bridgehead atoms. The van der Waals surface area contributed by atoms with Crippen molar-refractivity contribution in [1.82, 2.24) is 4.90 Å². The molecule has 104 valence electrons. The van der Waals surface area contributed by atoms with Gasteiger partial charge in [0.2, 0.25) is 0 Å². The largest absolute Gasteiger partial charge is 0.481 e. The van der Waals surface area contributed by atoms with Gasteiger partial charge in [0.25, 0.3) is 0 Å². The monoisotopic (exact) mass is 255 g/mol. The molecule has 1 aliphatic heterocycles. The number of ether oxygens (including phenoxy) is 1. The molecule has 2 aliphatic rings. The maximum Gasteiger partial charge on any atom is 0.305 e. The first-order valence-corrected chi connectivity index (χ1v) is 7.23. The molecule has 2 unspecified atom stereocenters. The number of carboxylic acids is 1.